The number of aromatic nitrogens is 4. The van der Waals surface area contributed by atoms with Crippen LogP contribution in [0, 0.1) is 30.7 Å². The first kappa shape index (κ1) is 36.6. The third-order valence-corrected chi connectivity index (χ3v) is 15.5. The summed E-state index contributed by atoms with van der Waals surface area (Å²) in [6.45, 7) is 24.7. The summed E-state index contributed by atoms with van der Waals surface area (Å²) < 4.78 is 3.37. The van der Waals surface area contributed by atoms with Crippen molar-refractivity contribution in [2.75, 3.05) is 11.9 Å². The van der Waals surface area contributed by atoms with Gasteiger partial charge in [-0.05, 0) is 60.5 Å². The lowest BCUT2D eigenvalue weighted by molar-refractivity contribution is -0.120. The van der Waals surface area contributed by atoms with Gasteiger partial charge in [0.25, 0.3) is 5.56 Å². The number of nitrogens with one attached hydrogen (secondary N) is 1. The van der Waals surface area contributed by atoms with E-state index in [4.69, 9.17) is 9.97 Å². The Labute approximate surface area is 274 Å². The minimum atomic E-state index is -2.12. The van der Waals surface area contributed by atoms with E-state index in [-0.39, 0.29) is 23.3 Å². The molecule has 2 N–H and O–H groups in total. The molecule has 0 fully saturated rings. The Morgan fingerprint density at radius 3 is 2.02 bits per heavy atom. The van der Waals surface area contributed by atoms with Gasteiger partial charge in [-0.3, -0.25) is 28.8 Å². The van der Waals surface area contributed by atoms with Crippen LogP contribution in [0.4, 0.5) is 10.6 Å². The molecule has 1 atom stereocenters. The Morgan fingerprint density at radius 1 is 0.957 bits per heavy atom. The molecule has 0 aliphatic rings. The average Bonchev–Trinajstić information content (AvgIpc) is 3.14. The maximum Gasteiger partial charge on any atom is 0.407 e. The highest BCUT2D eigenvalue weighted by molar-refractivity contribution is 6.90. The quantitative estimate of drug-likeness (QED) is 0.203. The second-order valence-corrected chi connectivity index (χ2v) is 20.2. The summed E-state index contributed by atoms with van der Waals surface area (Å²) >= 11 is 0. The number of fused-ring (bicyclic) bond motifs is 1. The maximum atomic E-state index is 13.6. The highest BCUT2D eigenvalue weighted by Gasteiger charge is 2.41. The van der Waals surface area contributed by atoms with Crippen molar-refractivity contribution < 1.29 is 14.7 Å². The van der Waals surface area contributed by atoms with Gasteiger partial charge < -0.3 is 10.4 Å². The average molecular weight is 649 g/mol. The fourth-order valence-electron chi connectivity index (χ4n) is 6.87. The number of pyridine rings is 2. The standard InChI is InChI=1S/C35H52N6O4Si/c1-20(2)46(21(3)4,22(5)6)16-15-27-17-26(29-23(7)36-24(8)30-31(29)39(13)40(14)33(30)43)18-28(37-27)38-32(42)25(9)41(34(44)45)19-35(10,11)12/h17-18,20-22,25H,19H2,1-14H3,(H,44,45)(H,37,38,42). The van der Waals surface area contributed by atoms with Crippen LogP contribution in [-0.4, -0.2) is 62.0 Å². The monoisotopic (exact) mass is 648 g/mol. The zero-order chi connectivity index (χ0) is 35.0. The van der Waals surface area contributed by atoms with Crippen molar-refractivity contribution in [3.8, 4) is 22.6 Å². The van der Waals surface area contributed by atoms with Gasteiger partial charge in [0.05, 0.1) is 16.6 Å². The van der Waals surface area contributed by atoms with Crippen molar-refractivity contribution in [1.82, 2.24) is 24.2 Å². The molecule has 1 unspecified atom stereocenters. The maximum absolute atomic E-state index is 13.6. The summed E-state index contributed by atoms with van der Waals surface area (Å²) in [6.07, 6.45) is -1.17. The van der Waals surface area contributed by atoms with Crippen LogP contribution in [-0.2, 0) is 18.9 Å². The normalized spacial score (nSPS) is 12.9. The molecule has 0 saturated heterocycles. The van der Waals surface area contributed by atoms with E-state index in [1.807, 2.05) is 52.4 Å². The minimum absolute atomic E-state index is 0.144. The highest BCUT2D eigenvalue weighted by Crippen LogP contribution is 2.41. The van der Waals surface area contributed by atoms with Crippen LogP contribution >= 0.6 is 0 Å². The summed E-state index contributed by atoms with van der Waals surface area (Å²) in [5, 5.41) is 13.3. The molecule has 0 aliphatic heterocycles. The number of aryl methyl sites for hydroxylation is 3. The molecule has 46 heavy (non-hydrogen) atoms. The first-order chi connectivity index (χ1) is 21.1. The summed E-state index contributed by atoms with van der Waals surface area (Å²) in [7, 11) is 1.43. The summed E-state index contributed by atoms with van der Waals surface area (Å²) in [4.78, 5) is 49.6. The molecular weight excluding hydrogens is 597 g/mol. The van der Waals surface area contributed by atoms with Gasteiger partial charge in [-0.15, -0.1) is 5.54 Å². The van der Waals surface area contributed by atoms with Gasteiger partial charge in [0, 0.05) is 31.9 Å². The third kappa shape index (κ3) is 7.07. The molecular formula is C35H52N6O4Si. The van der Waals surface area contributed by atoms with E-state index in [1.165, 1.54) is 0 Å². The number of nitrogens with zero attached hydrogens (tertiary/aromatic N) is 5. The van der Waals surface area contributed by atoms with E-state index in [1.54, 1.807) is 24.7 Å². The van der Waals surface area contributed by atoms with Gasteiger partial charge in [-0.25, -0.2) is 9.78 Å². The fourth-order valence-corrected chi connectivity index (χ4v) is 12.1. The van der Waals surface area contributed by atoms with Crippen molar-refractivity contribution in [3.05, 3.63) is 39.6 Å². The van der Waals surface area contributed by atoms with E-state index in [0.717, 1.165) is 21.7 Å². The van der Waals surface area contributed by atoms with Gasteiger partial charge in [0.2, 0.25) is 5.91 Å². The van der Waals surface area contributed by atoms with Crippen LogP contribution in [0.1, 0.15) is 86.3 Å². The van der Waals surface area contributed by atoms with E-state index in [9.17, 15) is 19.5 Å². The smallest absolute Gasteiger partial charge is 0.407 e. The van der Waals surface area contributed by atoms with Crippen molar-refractivity contribution in [1.29, 1.82) is 0 Å². The second-order valence-electron chi connectivity index (χ2n) is 14.6. The first-order valence-corrected chi connectivity index (χ1v) is 18.3. The van der Waals surface area contributed by atoms with E-state index in [2.05, 4.69) is 58.3 Å². The molecule has 3 heterocycles. The molecule has 250 valence electrons. The summed E-state index contributed by atoms with van der Waals surface area (Å²) in [5.74, 6) is 3.17. The van der Waals surface area contributed by atoms with Gasteiger partial charge >= 0.3 is 6.09 Å². The lowest BCUT2D eigenvalue weighted by Crippen LogP contribution is -2.48. The lowest BCUT2D eigenvalue weighted by atomic mass is 9.95. The van der Waals surface area contributed by atoms with Crippen molar-refractivity contribution >= 4 is 36.8 Å². The Bertz CT molecular complexity index is 1750. The van der Waals surface area contributed by atoms with Crippen molar-refractivity contribution in [2.24, 2.45) is 19.5 Å². The third-order valence-electron chi connectivity index (χ3n) is 9.19. The number of carbonyl (C=O) groups excluding carboxylic acids is 1. The van der Waals surface area contributed by atoms with Crippen molar-refractivity contribution in [3.63, 3.8) is 0 Å². The number of carboxylic acid groups (broad SMARTS) is 1. The number of amides is 2. The molecule has 0 aliphatic carbocycles. The fraction of sp³-hybridized carbons (Fsp3) is 0.571. The van der Waals surface area contributed by atoms with Gasteiger partial charge in [-0.1, -0.05) is 68.2 Å². The number of carbonyl (C=O) groups is 2. The molecule has 0 radical (unpaired) electrons. The highest BCUT2D eigenvalue weighted by atomic mass is 28.3. The van der Waals surface area contributed by atoms with Crippen LogP contribution in [0.15, 0.2) is 16.9 Å². The second kappa shape index (κ2) is 13.4. The zero-order valence-electron chi connectivity index (χ0n) is 30.1. The predicted octanol–water partition coefficient (Wildman–Crippen LogP) is 6.87. The Hall–Kier alpha value is -3.91. The molecule has 0 aromatic carbocycles. The van der Waals surface area contributed by atoms with Crippen LogP contribution < -0.4 is 10.9 Å². The van der Waals surface area contributed by atoms with Crippen LogP contribution in [0.3, 0.4) is 0 Å². The van der Waals surface area contributed by atoms with Crippen LogP contribution in [0.25, 0.3) is 22.0 Å². The molecule has 0 spiro atoms. The largest absolute Gasteiger partial charge is 0.465 e. The van der Waals surface area contributed by atoms with E-state index >= 15 is 0 Å². The molecule has 10 nitrogen and oxygen atoms in total. The van der Waals surface area contributed by atoms with E-state index < -0.39 is 26.1 Å². The molecule has 3 aromatic heterocycles. The van der Waals surface area contributed by atoms with Crippen LogP contribution in [0.2, 0.25) is 16.6 Å². The molecule has 0 bridgehead atoms. The molecule has 0 saturated carbocycles. The number of anilines is 1. The Kier molecular flexibility index (Phi) is 10.7. The zero-order valence-corrected chi connectivity index (χ0v) is 31.1. The molecule has 3 aromatic rings. The van der Waals surface area contributed by atoms with Gasteiger partial charge in [0.1, 0.15) is 25.6 Å². The number of hydrogen-bond acceptors (Lipinski definition) is 5. The molecule has 3 rings (SSSR count). The Balaban J connectivity index is 2.31. The SMILES string of the molecule is Cc1nc(C)c2c(=O)n(C)n(C)c2c1-c1cc(C#C[Si](C(C)C)(C(C)C)C(C)C)nc(NC(=O)C(C)N(CC(C)(C)C)C(=O)O)c1. The lowest BCUT2D eigenvalue weighted by Gasteiger charge is -2.38. The molecule has 2 amide bonds. The van der Waals surface area contributed by atoms with Crippen LogP contribution in [0.5, 0.6) is 0 Å². The topological polar surface area (TPSA) is 122 Å². The first-order valence-electron chi connectivity index (χ1n) is 16.0. The summed E-state index contributed by atoms with van der Waals surface area (Å²) in [5.41, 5.74) is 8.50. The number of hydrogen-bond donors (Lipinski definition) is 2. The minimum Gasteiger partial charge on any atom is -0.465 e. The van der Waals surface area contributed by atoms with E-state index in [0.29, 0.717) is 39.0 Å². The van der Waals surface area contributed by atoms with Crippen molar-refractivity contribution in [2.45, 2.75) is 106 Å². The predicted molar refractivity (Wildman–Crippen MR) is 189 cm³/mol. The molecule has 11 heteroatoms. The number of rotatable bonds is 8. The Morgan fingerprint density at radius 2 is 1.52 bits per heavy atom. The summed E-state index contributed by atoms with van der Waals surface area (Å²) in [6, 6.07) is 2.67. The van der Waals surface area contributed by atoms with Gasteiger partial charge in [0.15, 0.2) is 0 Å². The van der Waals surface area contributed by atoms with Gasteiger partial charge in [-0.2, -0.15) is 0 Å².